The lowest BCUT2D eigenvalue weighted by atomic mass is 10.5. The van der Waals surface area contributed by atoms with Gasteiger partial charge in [0.1, 0.15) is 11.5 Å². The highest BCUT2D eigenvalue weighted by Gasteiger charge is 2.06. The summed E-state index contributed by atoms with van der Waals surface area (Å²) in [6.45, 7) is 0.0479. The van der Waals surface area contributed by atoms with Gasteiger partial charge in [0, 0.05) is 6.54 Å². The molecule has 1 aromatic rings. The second-order valence-corrected chi connectivity index (χ2v) is 3.27. The minimum Gasteiger partial charge on any atom is -0.480 e. The lowest BCUT2D eigenvalue weighted by Gasteiger charge is -2.02. The maximum absolute atomic E-state index is 11.3. The van der Waals surface area contributed by atoms with E-state index in [9.17, 15) is 9.59 Å². The van der Waals surface area contributed by atoms with E-state index in [0.29, 0.717) is 4.88 Å². The van der Waals surface area contributed by atoms with E-state index in [1.807, 2.05) is 0 Å². The fourth-order valence-corrected chi connectivity index (χ4v) is 1.18. The van der Waals surface area contributed by atoms with Crippen LogP contribution in [0.25, 0.3) is 0 Å². The summed E-state index contributed by atoms with van der Waals surface area (Å²) >= 11 is 0.992. The second-order valence-electron chi connectivity index (χ2n) is 2.48. The number of ether oxygens (including phenoxy) is 1. The maximum atomic E-state index is 11.3. The molecule has 0 radical (unpaired) electrons. The Bertz CT molecular complexity index is 327. The largest absolute Gasteiger partial charge is 0.480 e. The Morgan fingerprint density at radius 1 is 1.60 bits per heavy atom. The van der Waals surface area contributed by atoms with Crippen molar-refractivity contribution in [1.29, 1.82) is 0 Å². The van der Waals surface area contributed by atoms with E-state index < -0.39 is 5.97 Å². The molecule has 0 bridgehead atoms. The first-order valence-corrected chi connectivity index (χ1v) is 4.82. The number of aromatic nitrogens is 2. The van der Waals surface area contributed by atoms with E-state index in [0.717, 1.165) is 11.5 Å². The van der Waals surface area contributed by atoms with Gasteiger partial charge in [0.2, 0.25) is 0 Å². The van der Waals surface area contributed by atoms with Crippen LogP contribution in [0.1, 0.15) is 9.67 Å². The quantitative estimate of drug-likeness (QED) is 0.632. The van der Waals surface area contributed by atoms with Crippen LogP contribution < -0.4 is 5.32 Å². The number of carbonyl (C=O) groups is 2. The Morgan fingerprint density at radius 2 is 2.40 bits per heavy atom. The third-order valence-electron chi connectivity index (χ3n) is 1.34. The number of aliphatic carboxylic acids is 1. The van der Waals surface area contributed by atoms with E-state index in [1.165, 1.54) is 6.20 Å². The summed E-state index contributed by atoms with van der Waals surface area (Å²) in [4.78, 5) is 21.7. The van der Waals surface area contributed by atoms with Gasteiger partial charge in [-0.2, -0.15) is 0 Å². The fourth-order valence-electron chi connectivity index (χ4n) is 0.751. The third kappa shape index (κ3) is 4.47. The van der Waals surface area contributed by atoms with Crippen molar-refractivity contribution in [2.45, 2.75) is 0 Å². The van der Waals surface area contributed by atoms with E-state index in [-0.39, 0.29) is 25.7 Å². The molecule has 15 heavy (non-hydrogen) atoms. The minimum absolute atomic E-state index is 0.157. The minimum atomic E-state index is -1.03. The van der Waals surface area contributed by atoms with Gasteiger partial charge < -0.3 is 15.2 Å². The predicted octanol–water partition coefficient (Wildman–Crippen LogP) is -0.631. The fraction of sp³-hybridized carbons (Fsp3) is 0.429. The van der Waals surface area contributed by atoms with Crippen LogP contribution in [0.15, 0.2) is 6.20 Å². The summed E-state index contributed by atoms with van der Waals surface area (Å²) in [5.74, 6) is -1.32. The van der Waals surface area contributed by atoms with Crippen LogP contribution in [-0.4, -0.2) is 46.3 Å². The van der Waals surface area contributed by atoms with Gasteiger partial charge in [0.05, 0.1) is 12.8 Å². The number of hydrogen-bond acceptors (Lipinski definition) is 6. The molecule has 0 saturated heterocycles. The Balaban J connectivity index is 2.10. The molecule has 0 aliphatic heterocycles. The van der Waals surface area contributed by atoms with E-state index >= 15 is 0 Å². The number of carboxylic acid groups (broad SMARTS) is 1. The van der Waals surface area contributed by atoms with Crippen LogP contribution >= 0.6 is 11.5 Å². The van der Waals surface area contributed by atoms with Crippen LogP contribution in [-0.2, 0) is 9.53 Å². The molecule has 0 fully saturated rings. The number of rotatable bonds is 6. The Labute approximate surface area is 89.2 Å². The topological polar surface area (TPSA) is 101 Å². The van der Waals surface area contributed by atoms with Gasteiger partial charge in [-0.3, -0.25) is 4.79 Å². The zero-order valence-corrected chi connectivity index (χ0v) is 8.49. The van der Waals surface area contributed by atoms with Gasteiger partial charge in [-0.1, -0.05) is 4.49 Å². The lowest BCUT2D eigenvalue weighted by molar-refractivity contribution is -0.142. The molecule has 0 aromatic carbocycles. The van der Waals surface area contributed by atoms with Gasteiger partial charge in [-0.05, 0) is 11.5 Å². The number of hydrogen-bond donors (Lipinski definition) is 2. The van der Waals surface area contributed by atoms with Gasteiger partial charge in [-0.15, -0.1) is 5.10 Å². The van der Waals surface area contributed by atoms with Crippen molar-refractivity contribution in [3.05, 3.63) is 11.1 Å². The van der Waals surface area contributed by atoms with Crippen LogP contribution in [0.5, 0.6) is 0 Å². The Hall–Kier alpha value is -1.54. The van der Waals surface area contributed by atoms with Crippen molar-refractivity contribution < 1.29 is 19.4 Å². The monoisotopic (exact) mass is 231 g/mol. The molecule has 1 rings (SSSR count). The highest BCUT2D eigenvalue weighted by Crippen LogP contribution is 2.00. The van der Waals surface area contributed by atoms with E-state index in [4.69, 9.17) is 9.84 Å². The average Bonchev–Trinajstić information content (AvgIpc) is 2.69. The Morgan fingerprint density at radius 3 is 3.00 bits per heavy atom. The zero-order valence-electron chi connectivity index (χ0n) is 7.67. The summed E-state index contributed by atoms with van der Waals surface area (Å²) < 4.78 is 8.25. The lowest BCUT2D eigenvalue weighted by Crippen LogP contribution is -2.27. The molecule has 82 valence electrons. The summed E-state index contributed by atoms with van der Waals surface area (Å²) in [6.07, 6.45) is 1.36. The van der Waals surface area contributed by atoms with Gasteiger partial charge in [0.25, 0.3) is 5.91 Å². The summed E-state index contributed by atoms with van der Waals surface area (Å²) in [5, 5.41) is 14.3. The van der Waals surface area contributed by atoms with Gasteiger partial charge in [-0.25, -0.2) is 4.79 Å². The van der Waals surface area contributed by atoms with Crippen molar-refractivity contribution in [1.82, 2.24) is 14.9 Å². The molecule has 1 amide bonds. The normalized spacial score (nSPS) is 9.87. The number of amides is 1. The molecule has 0 aliphatic rings. The molecular weight excluding hydrogens is 222 g/mol. The van der Waals surface area contributed by atoms with Crippen molar-refractivity contribution in [2.24, 2.45) is 0 Å². The summed E-state index contributed by atoms with van der Waals surface area (Å²) in [7, 11) is 0. The molecule has 0 saturated carbocycles. The molecule has 8 heteroatoms. The standard InChI is InChI=1S/C7H9N3O4S/c11-6(12)4-14-2-1-8-7(13)5-3-9-10-15-5/h3H,1-2,4H2,(H,8,13)(H,11,12). The average molecular weight is 231 g/mol. The number of carboxylic acids is 1. The van der Waals surface area contributed by atoms with Crippen LogP contribution in [0.4, 0.5) is 0 Å². The Kier molecular flexibility index (Phi) is 4.64. The van der Waals surface area contributed by atoms with Crippen LogP contribution in [0.2, 0.25) is 0 Å². The van der Waals surface area contributed by atoms with Crippen LogP contribution in [0, 0.1) is 0 Å². The first-order chi connectivity index (χ1) is 7.20. The molecule has 1 heterocycles. The first kappa shape index (κ1) is 11.5. The molecule has 7 nitrogen and oxygen atoms in total. The summed E-state index contributed by atoms with van der Waals surface area (Å²) in [6, 6.07) is 0. The predicted molar refractivity (Wildman–Crippen MR) is 50.7 cm³/mol. The number of nitrogens with zero attached hydrogens (tertiary/aromatic N) is 2. The molecule has 0 spiro atoms. The number of carbonyl (C=O) groups excluding carboxylic acids is 1. The molecule has 0 atom stereocenters. The van der Waals surface area contributed by atoms with Gasteiger partial charge in [0.15, 0.2) is 0 Å². The molecule has 0 aliphatic carbocycles. The van der Waals surface area contributed by atoms with Crippen molar-refractivity contribution in [3.63, 3.8) is 0 Å². The molecule has 0 unspecified atom stereocenters. The van der Waals surface area contributed by atoms with Crippen molar-refractivity contribution in [2.75, 3.05) is 19.8 Å². The van der Waals surface area contributed by atoms with Crippen LogP contribution in [0.3, 0.4) is 0 Å². The number of nitrogens with one attached hydrogen (secondary N) is 1. The van der Waals surface area contributed by atoms with E-state index in [2.05, 4.69) is 14.9 Å². The second kappa shape index (κ2) is 6.04. The molecule has 1 aromatic heterocycles. The smallest absolute Gasteiger partial charge is 0.329 e. The summed E-state index contributed by atoms with van der Waals surface area (Å²) in [5.41, 5.74) is 0. The van der Waals surface area contributed by atoms with Gasteiger partial charge >= 0.3 is 5.97 Å². The zero-order chi connectivity index (χ0) is 11.1. The third-order valence-corrected chi connectivity index (χ3v) is 2.01. The van der Waals surface area contributed by atoms with Crippen molar-refractivity contribution in [3.8, 4) is 0 Å². The molecular formula is C7H9N3O4S. The highest BCUT2D eigenvalue weighted by molar-refractivity contribution is 7.07. The SMILES string of the molecule is O=C(O)COCCNC(=O)c1cnns1. The van der Waals surface area contributed by atoms with E-state index in [1.54, 1.807) is 0 Å². The molecule has 2 N–H and O–H groups in total. The maximum Gasteiger partial charge on any atom is 0.329 e. The first-order valence-electron chi connectivity index (χ1n) is 4.05. The van der Waals surface area contributed by atoms with Crippen molar-refractivity contribution >= 4 is 23.4 Å². The highest BCUT2D eigenvalue weighted by atomic mass is 32.1.